The van der Waals surface area contributed by atoms with Crippen LogP contribution in [0.2, 0.25) is 0 Å². The predicted molar refractivity (Wildman–Crippen MR) is 76.6 cm³/mol. The maximum atomic E-state index is 11.9. The molecule has 0 fully saturated rings. The van der Waals surface area contributed by atoms with Gasteiger partial charge in [-0.05, 0) is 29.2 Å². The van der Waals surface area contributed by atoms with Crippen LogP contribution in [0, 0.1) is 0 Å². The largest absolute Gasteiger partial charge is 0.311 e. The van der Waals surface area contributed by atoms with Crippen molar-refractivity contribution in [3.8, 4) is 11.3 Å². The second-order valence-electron chi connectivity index (χ2n) is 4.93. The molecule has 2 aromatic rings. The quantitative estimate of drug-likeness (QED) is 0.791. The van der Waals surface area contributed by atoms with Crippen LogP contribution in [-0.2, 0) is 7.05 Å². The van der Waals surface area contributed by atoms with E-state index in [1.165, 1.54) is 10.1 Å². The fourth-order valence-corrected chi connectivity index (χ4v) is 2.07. The van der Waals surface area contributed by atoms with Gasteiger partial charge in [-0.1, -0.05) is 38.1 Å². The van der Waals surface area contributed by atoms with Crippen LogP contribution in [0.4, 0.5) is 0 Å². The first-order valence-electron chi connectivity index (χ1n) is 6.30. The Labute approximate surface area is 112 Å². The Bertz CT molecular complexity index is 651. The molecule has 0 atom stereocenters. The molecule has 2 rings (SSSR count). The Morgan fingerprint density at radius 2 is 1.68 bits per heavy atom. The van der Waals surface area contributed by atoms with Crippen molar-refractivity contribution >= 4 is 6.29 Å². The molecule has 0 radical (unpaired) electrons. The highest BCUT2D eigenvalue weighted by molar-refractivity contribution is 5.75. The first kappa shape index (κ1) is 13.3. The molecule has 3 heteroatoms. The van der Waals surface area contributed by atoms with Gasteiger partial charge in [0.1, 0.15) is 0 Å². The van der Waals surface area contributed by atoms with E-state index in [1.807, 2.05) is 12.1 Å². The highest BCUT2D eigenvalue weighted by atomic mass is 16.1. The van der Waals surface area contributed by atoms with Crippen molar-refractivity contribution in [2.75, 3.05) is 0 Å². The van der Waals surface area contributed by atoms with Crippen molar-refractivity contribution in [2.45, 2.75) is 19.8 Å². The first-order chi connectivity index (χ1) is 9.04. The van der Waals surface area contributed by atoms with Crippen molar-refractivity contribution in [1.29, 1.82) is 0 Å². The van der Waals surface area contributed by atoms with Crippen LogP contribution in [-0.4, -0.2) is 10.9 Å². The number of rotatable bonds is 3. The number of aldehydes is 1. The third-order valence-electron chi connectivity index (χ3n) is 3.33. The molecule has 98 valence electrons. The molecule has 1 aromatic heterocycles. The predicted octanol–water partition coefficient (Wildman–Crippen LogP) is 2.99. The zero-order valence-electron chi connectivity index (χ0n) is 11.4. The molecule has 0 bridgehead atoms. The van der Waals surface area contributed by atoms with E-state index in [0.29, 0.717) is 12.2 Å². The summed E-state index contributed by atoms with van der Waals surface area (Å²) in [6, 6.07) is 11.5. The summed E-state index contributed by atoms with van der Waals surface area (Å²) in [5.41, 5.74) is 2.97. The fourth-order valence-electron chi connectivity index (χ4n) is 2.07. The van der Waals surface area contributed by atoms with E-state index >= 15 is 0 Å². The minimum Gasteiger partial charge on any atom is -0.311 e. The van der Waals surface area contributed by atoms with Crippen LogP contribution in [0.15, 0.2) is 41.2 Å². The Morgan fingerprint density at radius 1 is 1.05 bits per heavy atom. The summed E-state index contributed by atoms with van der Waals surface area (Å²) in [6.07, 6.45) is 0.591. The second kappa shape index (κ2) is 5.22. The number of aromatic nitrogens is 1. The van der Waals surface area contributed by atoms with E-state index in [1.54, 1.807) is 19.2 Å². The van der Waals surface area contributed by atoms with Crippen LogP contribution in [0.5, 0.6) is 0 Å². The van der Waals surface area contributed by atoms with Crippen molar-refractivity contribution in [3.63, 3.8) is 0 Å². The SMILES string of the molecule is CC(C)c1ccc(-c2ccc(C=O)c(=O)n2C)cc1. The number of benzene rings is 1. The maximum Gasteiger partial charge on any atom is 0.261 e. The molecule has 0 aliphatic rings. The molecule has 0 saturated carbocycles. The molecule has 0 saturated heterocycles. The van der Waals surface area contributed by atoms with E-state index in [9.17, 15) is 9.59 Å². The van der Waals surface area contributed by atoms with Gasteiger partial charge in [-0.15, -0.1) is 0 Å². The monoisotopic (exact) mass is 255 g/mol. The van der Waals surface area contributed by atoms with Crippen molar-refractivity contribution in [1.82, 2.24) is 4.57 Å². The summed E-state index contributed by atoms with van der Waals surface area (Å²) in [7, 11) is 1.68. The molecule has 0 unspecified atom stereocenters. The lowest BCUT2D eigenvalue weighted by Crippen LogP contribution is -2.21. The topological polar surface area (TPSA) is 39.1 Å². The van der Waals surface area contributed by atoms with Gasteiger partial charge in [0.05, 0.1) is 11.3 Å². The van der Waals surface area contributed by atoms with Crippen LogP contribution in [0.1, 0.15) is 35.7 Å². The van der Waals surface area contributed by atoms with Crippen LogP contribution >= 0.6 is 0 Å². The highest BCUT2D eigenvalue weighted by Crippen LogP contribution is 2.21. The molecule has 0 aliphatic carbocycles. The number of carbonyl (C=O) groups is 1. The summed E-state index contributed by atoms with van der Waals surface area (Å²) >= 11 is 0. The molecule has 1 heterocycles. The fraction of sp³-hybridized carbons (Fsp3) is 0.250. The lowest BCUT2D eigenvalue weighted by molar-refractivity contribution is 0.112. The van der Waals surface area contributed by atoms with Crippen molar-refractivity contribution in [3.05, 3.63) is 57.9 Å². The smallest absolute Gasteiger partial charge is 0.261 e. The average molecular weight is 255 g/mol. The number of hydrogen-bond acceptors (Lipinski definition) is 2. The summed E-state index contributed by atoms with van der Waals surface area (Å²) in [6.45, 7) is 4.28. The molecule has 0 N–H and O–H groups in total. The average Bonchev–Trinajstić information content (AvgIpc) is 2.42. The molecule has 0 aliphatic heterocycles. The number of hydrogen-bond donors (Lipinski definition) is 0. The minimum atomic E-state index is -0.263. The van der Waals surface area contributed by atoms with Gasteiger partial charge in [0.2, 0.25) is 0 Å². The van der Waals surface area contributed by atoms with Gasteiger partial charge in [-0.3, -0.25) is 9.59 Å². The number of pyridine rings is 1. The van der Waals surface area contributed by atoms with Crippen molar-refractivity contribution in [2.24, 2.45) is 7.05 Å². The summed E-state index contributed by atoms with van der Waals surface area (Å²) < 4.78 is 1.51. The molecule has 0 amide bonds. The minimum absolute atomic E-state index is 0.185. The van der Waals surface area contributed by atoms with Crippen LogP contribution in [0.3, 0.4) is 0 Å². The molecular weight excluding hydrogens is 238 g/mol. The van der Waals surface area contributed by atoms with Gasteiger partial charge in [0.15, 0.2) is 6.29 Å². The Hall–Kier alpha value is -2.16. The van der Waals surface area contributed by atoms with Gasteiger partial charge in [-0.25, -0.2) is 0 Å². The Kier molecular flexibility index (Phi) is 3.65. The number of carbonyl (C=O) groups excluding carboxylic acids is 1. The van der Waals surface area contributed by atoms with Gasteiger partial charge >= 0.3 is 0 Å². The van der Waals surface area contributed by atoms with Crippen LogP contribution < -0.4 is 5.56 Å². The normalized spacial score (nSPS) is 10.7. The van der Waals surface area contributed by atoms with E-state index in [2.05, 4.69) is 26.0 Å². The summed E-state index contributed by atoms with van der Waals surface area (Å²) in [5, 5.41) is 0. The van der Waals surface area contributed by atoms with Gasteiger partial charge in [0, 0.05) is 7.05 Å². The van der Waals surface area contributed by atoms with Gasteiger partial charge in [0.25, 0.3) is 5.56 Å². The van der Waals surface area contributed by atoms with Gasteiger partial charge in [-0.2, -0.15) is 0 Å². The lowest BCUT2D eigenvalue weighted by atomic mass is 10.0. The van der Waals surface area contributed by atoms with E-state index in [4.69, 9.17) is 0 Å². The van der Waals surface area contributed by atoms with E-state index in [-0.39, 0.29) is 11.1 Å². The Balaban J connectivity index is 2.50. The molecule has 1 aromatic carbocycles. The maximum absolute atomic E-state index is 11.9. The molecule has 0 spiro atoms. The number of nitrogens with zero attached hydrogens (tertiary/aromatic N) is 1. The lowest BCUT2D eigenvalue weighted by Gasteiger charge is -2.10. The molecular formula is C16H17NO2. The van der Waals surface area contributed by atoms with Gasteiger partial charge < -0.3 is 4.57 Å². The zero-order chi connectivity index (χ0) is 14.0. The van der Waals surface area contributed by atoms with E-state index < -0.39 is 0 Å². The standard InChI is InChI=1S/C16H17NO2/c1-11(2)12-4-6-13(7-5-12)15-9-8-14(10-18)16(19)17(15)3/h4-11H,1-3H3. The third kappa shape index (κ3) is 2.50. The molecule has 3 nitrogen and oxygen atoms in total. The molecule has 19 heavy (non-hydrogen) atoms. The summed E-state index contributed by atoms with van der Waals surface area (Å²) in [5.74, 6) is 0.482. The Morgan fingerprint density at radius 3 is 2.21 bits per heavy atom. The zero-order valence-corrected chi connectivity index (χ0v) is 11.4. The highest BCUT2D eigenvalue weighted by Gasteiger charge is 2.07. The van der Waals surface area contributed by atoms with Crippen molar-refractivity contribution < 1.29 is 4.79 Å². The van der Waals surface area contributed by atoms with Crippen LogP contribution in [0.25, 0.3) is 11.3 Å². The van der Waals surface area contributed by atoms with E-state index in [0.717, 1.165) is 11.3 Å². The first-order valence-corrected chi connectivity index (χ1v) is 6.30. The second-order valence-corrected chi connectivity index (χ2v) is 4.93. The summed E-state index contributed by atoms with van der Waals surface area (Å²) in [4.78, 5) is 22.6. The third-order valence-corrected chi connectivity index (χ3v) is 3.33.